The number of methoxy groups -OCH3 is 2. The first-order valence-electron chi connectivity index (χ1n) is 6.91. The van der Waals surface area contributed by atoms with Crippen molar-refractivity contribution < 1.29 is 19.2 Å². The van der Waals surface area contributed by atoms with E-state index in [0.717, 1.165) is 0 Å². The molecule has 120 valence electrons. The van der Waals surface area contributed by atoms with E-state index in [9.17, 15) is 14.9 Å². The number of piperazine rings is 1. The van der Waals surface area contributed by atoms with Crippen LogP contribution in [0.5, 0.6) is 11.5 Å². The summed E-state index contributed by atoms with van der Waals surface area (Å²) in [6, 6.07) is 2.73. The number of nitrogens with zero attached hydrogens (tertiary/aromatic N) is 2. The van der Waals surface area contributed by atoms with Gasteiger partial charge in [0.2, 0.25) is 5.75 Å². The number of hydrogen-bond acceptors (Lipinski definition) is 6. The molecule has 1 fully saturated rings. The Morgan fingerprint density at radius 3 is 2.68 bits per heavy atom. The van der Waals surface area contributed by atoms with Gasteiger partial charge in [0.1, 0.15) is 0 Å². The van der Waals surface area contributed by atoms with Crippen LogP contribution in [0.1, 0.15) is 17.3 Å². The highest BCUT2D eigenvalue weighted by atomic mass is 16.6. The summed E-state index contributed by atoms with van der Waals surface area (Å²) in [5, 5.41) is 14.4. The highest BCUT2D eigenvalue weighted by Gasteiger charge is 2.28. The van der Waals surface area contributed by atoms with Gasteiger partial charge in [-0.25, -0.2) is 0 Å². The Labute approximate surface area is 128 Å². The highest BCUT2D eigenvalue weighted by molar-refractivity contribution is 5.96. The first-order valence-corrected chi connectivity index (χ1v) is 6.91. The van der Waals surface area contributed by atoms with Gasteiger partial charge in [0.25, 0.3) is 5.91 Å². The molecule has 1 atom stereocenters. The smallest absolute Gasteiger partial charge is 0.315 e. The number of rotatable bonds is 4. The van der Waals surface area contributed by atoms with Crippen LogP contribution in [-0.4, -0.2) is 55.6 Å². The van der Waals surface area contributed by atoms with Crippen molar-refractivity contribution in [3.05, 3.63) is 27.8 Å². The lowest BCUT2D eigenvalue weighted by Crippen LogP contribution is -2.52. The average molecular weight is 309 g/mol. The normalized spacial score (nSPS) is 18.0. The van der Waals surface area contributed by atoms with E-state index in [1.54, 1.807) is 4.90 Å². The number of carbonyl (C=O) groups is 1. The van der Waals surface area contributed by atoms with E-state index in [1.165, 1.54) is 26.4 Å². The monoisotopic (exact) mass is 309 g/mol. The predicted octanol–water partition coefficient (Wildman–Crippen LogP) is 1.05. The van der Waals surface area contributed by atoms with Crippen LogP contribution in [0.15, 0.2) is 12.1 Å². The van der Waals surface area contributed by atoms with Crippen molar-refractivity contribution in [3.8, 4) is 11.5 Å². The number of carbonyl (C=O) groups excluding carboxylic acids is 1. The van der Waals surface area contributed by atoms with E-state index in [-0.39, 0.29) is 34.7 Å². The van der Waals surface area contributed by atoms with E-state index in [4.69, 9.17) is 9.47 Å². The number of nitro groups is 1. The van der Waals surface area contributed by atoms with Gasteiger partial charge in [-0.15, -0.1) is 0 Å². The molecule has 1 saturated heterocycles. The zero-order valence-electron chi connectivity index (χ0n) is 12.8. The van der Waals surface area contributed by atoms with Gasteiger partial charge >= 0.3 is 5.69 Å². The molecule has 1 aromatic rings. The molecule has 8 heteroatoms. The standard InChI is InChI=1S/C14H19N3O5/c1-9-8-15-4-5-16(9)14(18)10-6-11(17(19)20)13(22-3)12(7-10)21-2/h6-7,9,15H,4-5,8H2,1-3H3/t9-/m0/s1. The fraction of sp³-hybridized carbons (Fsp3) is 0.500. The Morgan fingerprint density at radius 1 is 1.41 bits per heavy atom. The fourth-order valence-corrected chi connectivity index (χ4v) is 2.51. The van der Waals surface area contributed by atoms with Gasteiger partial charge in [0.05, 0.1) is 24.7 Å². The van der Waals surface area contributed by atoms with Crippen molar-refractivity contribution in [2.24, 2.45) is 0 Å². The molecule has 2 rings (SSSR count). The fourth-order valence-electron chi connectivity index (χ4n) is 2.51. The number of nitrogens with one attached hydrogen (secondary N) is 1. The van der Waals surface area contributed by atoms with Crippen molar-refractivity contribution in [3.63, 3.8) is 0 Å². The lowest BCUT2D eigenvalue weighted by molar-refractivity contribution is -0.385. The third-order valence-corrected chi connectivity index (χ3v) is 3.67. The van der Waals surface area contributed by atoms with Crippen LogP contribution in [0.25, 0.3) is 0 Å². The van der Waals surface area contributed by atoms with Crippen molar-refractivity contribution in [1.29, 1.82) is 0 Å². The zero-order chi connectivity index (χ0) is 16.3. The molecule has 1 aromatic carbocycles. The number of hydrogen-bond donors (Lipinski definition) is 1. The predicted molar refractivity (Wildman–Crippen MR) is 79.6 cm³/mol. The molecule has 0 bridgehead atoms. The summed E-state index contributed by atoms with van der Waals surface area (Å²) in [5.74, 6) is -0.0710. The van der Waals surface area contributed by atoms with Crippen molar-refractivity contribution in [2.45, 2.75) is 13.0 Å². The Bertz CT molecular complexity index is 590. The summed E-state index contributed by atoms with van der Waals surface area (Å²) in [4.78, 5) is 24.9. The second-order valence-electron chi connectivity index (χ2n) is 5.04. The minimum Gasteiger partial charge on any atom is -0.493 e. The Hall–Kier alpha value is -2.35. The molecular weight excluding hydrogens is 290 g/mol. The van der Waals surface area contributed by atoms with E-state index in [2.05, 4.69) is 5.32 Å². The largest absolute Gasteiger partial charge is 0.493 e. The van der Waals surface area contributed by atoms with Crippen LogP contribution < -0.4 is 14.8 Å². The summed E-state index contributed by atoms with van der Waals surface area (Å²) < 4.78 is 10.1. The molecule has 22 heavy (non-hydrogen) atoms. The van der Waals surface area contributed by atoms with Crippen LogP contribution in [0.4, 0.5) is 5.69 Å². The summed E-state index contributed by atoms with van der Waals surface area (Å²) in [6.45, 7) is 3.88. The van der Waals surface area contributed by atoms with Crippen molar-refractivity contribution in [2.75, 3.05) is 33.9 Å². The second kappa shape index (κ2) is 6.61. The van der Waals surface area contributed by atoms with Crippen molar-refractivity contribution >= 4 is 11.6 Å². The quantitative estimate of drug-likeness (QED) is 0.660. The molecule has 0 radical (unpaired) electrons. The third-order valence-electron chi connectivity index (χ3n) is 3.67. The minimum atomic E-state index is -0.584. The molecule has 1 aliphatic heterocycles. The molecule has 0 aromatic heterocycles. The minimum absolute atomic E-state index is 0.0115. The van der Waals surface area contributed by atoms with Crippen LogP contribution in [0.2, 0.25) is 0 Å². The topological polar surface area (TPSA) is 93.9 Å². The molecule has 0 saturated carbocycles. The first-order chi connectivity index (χ1) is 10.5. The van der Waals surface area contributed by atoms with E-state index in [0.29, 0.717) is 19.6 Å². The van der Waals surface area contributed by atoms with Crippen LogP contribution >= 0.6 is 0 Å². The maximum atomic E-state index is 12.6. The van der Waals surface area contributed by atoms with Gasteiger partial charge < -0.3 is 19.7 Å². The van der Waals surface area contributed by atoms with E-state index < -0.39 is 4.92 Å². The average Bonchev–Trinajstić information content (AvgIpc) is 2.53. The van der Waals surface area contributed by atoms with Gasteiger partial charge in [-0.2, -0.15) is 0 Å². The van der Waals surface area contributed by atoms with Crippen LogP contribution in [0.3, 0.4) is 0 Å². The lowest BCUT2D eigenvalue weighted by Gasteiger charge is -2.34. The summed E-state index contributed by atoms with van der Waals surface area (Å²) in [7, 11) is 2.70. The maximum Gasteiger partial charge on any atom is 0.315 e. The summed E-state index contributed by atoms with van der Waals surface area (Å²) >= 11 is 0. The number of nitro benzene ring substituents is 1. The van der Waals surface area contributed by atoms with E-state index >= 15 is 0 Å². The van der Waals surface area contributed by atoms with Gasteiger partial charge in [0.15, 0.2) is 5.75 Å². The third kappa shape index (κ3) is 2.96. The van der Waals surface area contributed by atoms with Gasteiger partial charge in [-0.1, -0.05) is 0 Å². The second-order valence-corrected chi connectivity index (χ2v) is 5.04. The molecule has 1 amide bonds. The van der Waals surface area contributed by atoms with Crippen molar-refractivity contribution in [1.82, 2.24) is 10.2 Å². The summed E-state index contributed by atoms with van der Waals surface area (Å²) in [5.41, 5.74) is -0.0638. The number of ether oxygens (including phenoxy) is 2. The van der Waals surface area contributed by atoms with Crippen LogP contribution in [0, 0.1) is 10.1 Å². The Balaban J connectivity index is 2.44. The molecular formula is C14H19N3O5. The lowest BCUT2D eigenvalue weighted by atomic mass is 10.1. The SMILES string of the molecule is COc1cc(C(=O)N2CCNC[C@@H]2C)cc([N+](=O)[O-])c1OC. The first kappa shape index (κ1) is 16.0. The zero-order valence-corrected chi connectivity index (χ0v) is 12.8. The Kier molecular flexibility index (Phi) is 4.81. The summed E-state index contributed by atoms with van der Waals surface area (Å²) in [6.07, 6.45) is 0. The number of amides is 1. The number of benzene rings is 1. The van der Waals surface area contributed by atoms with Crippen LogP contribution in [-0.2, 0) is 0 Å². The molecule has 0 spiro atoms. The molecule has 1 aliphatic rings. The molecule has 0 unspecified atom stereocenters. The maximum absolute atomic E-state index is 12.6. The van der Waals surface area contributed by atoms with Gasteiger partial charge in [-0.05, 0) is 13.0 Å². The molecule has 1 N–H and O–H groups in total. The molecule has 1 heterocycles. The van der Waals surface area contributed by atoms with Gasteiger partial charge in [0, 0.05) is 31.7 Å². The Morgan fingerprint density at radius 2 is 2.14 bits per heavy atom. The van der Waals surface area contributed by atoms with E-state index in [1.807, 2.05) is 6.92 Å². The van der Waals surface area contributed by atoms with Gasteiger partial charge in [-0.3, -0.25) is 14.9 Å². The highest BCUT2D eigenvalue weighted by Crippen LogP contribution is 2.38. The molecule has 8 nitrogen and oxygen atoms in total. The molecule has 0 aliphatic carbocycles.